The largest absolute Gasteiger partial charge is 0.394 e. The number of hydrogen-bond acceptors (Lipinski definition) is 39. The van der Waals surface area contributed by atoms with Gasteiger partial charge in [-0.25, -0.2) is 0 Å². The third-order valence-electron chi connectivity index (χ3n) is 13.7. The highest BCUT2D eigenvalue weighted by Gasteiger charge is 2.56. The first-order chi connectivity index (χ1) is 36.3. The summed E-state index contributed by atoms with van der Waals surface area (Å²) in [4.78, 5) is 0. The molecule has 2 aliphatic rings. The summed E-state index contributed by atoms with van der Waals surface area (Å²) < 4.78 is 15.6. The van der Waals surface area contributed by atoms with Gasteiger partial charge in [-0.15, -0.1) is 0 Å². The van der Waals surface area contributed by atoms with Crippen molar-refractivity contribution in [3.63, 3.8) is 0 Å². The molecule has 0 aromatic carbocycles. The first kappa shape index (κ1) is 73.5. The van der Waals surface area contributed by atoms with Gasteiger partial charge in [-0.05, 0) is 0 Å². The van der Waals surface area contributed by atoms with E-state index >= 15 is 0 Å². The van der Waals surface area contributed by atoms with Crippen molar-refractivity contribution in [1.82, 2.24) is 0 Å². The number of aliphatic hydroxyl groups is 36. The van der Waals surface area contributed by atoms with E-state index in [1.54, 1.807) is 0 Å². The maximum absolute atomic E-state index is 10.9. The van der Waals surface area contributed by atoms with E-state index in [4.69, 9.17) is 24.4 Å². The van der Waals surface area contributed by atoms with Gasteiger partial charge in [0.05, 0.1) is 13.2 Å². The topological polar surface area (TPSA) is 756 Å². The van der Waals surface area contributed by atoms with Gasteiger partial charge in [-0.2, -0.15) is 0 Å². The van der Waals surface area contributed by atoms with Crippen LogP contribution in [0.3, 0.4) is 0 Å². The van der Waals surface area contributed by atoms with Gasteiger partial charge in [0.2, 0.25) is 0 Å². The van der Waals surface area contributed by atoms with Crippen LogP contribution in [0.2, 0.25) is 0 Å². The molecule has 38 unspecified atom stereocenters. The van der Waals surface area contributed by atoms with E-state index in [0.717, 1.165) is 0 Å². The fraction of sp³-hybridized carbons (Fsp3) is 1.00. The number of hydrogen-bond donors (Lipinski definition) is 36. The zero-order valence-corrected chi connectivity index (χ0v) is 40.7. The fourth-order valence-electron chi connectivity index (χ4n) is 8.17. The lowest BCUT2D eigenvalue weighted by Gasteiger charge is -2.47. The van der Waals surface area contributed by atoms with Crippen molar-refractivity contribution in [3.8, 4) is 0 Å². The lowest BCUT2D eigenvalue weighted by Crippen LogP contribution is -2.68. The predicted molar refractivity (Wildman–Crippen MR) is 237 cm³/mol. The molecule has 79 heavy (non-hydrogen) atoms. The van der Waals surface area contributed by atoms with Crippen LogP contribution in [-0.4, -0.2) is 429 Å². The SMILES string of the molecule is OCC(O)C(O)C(O)C(O)C(O)C(O)C(O)C(O)C(O)C(O)C(O)C(O)C(O)C(O)C1OC(OC2OC(C(O)C(O)C(O)C(O)C(O)C(O)C(O)C(O)C(O)C(O)C(O)C(O)C(O)C(O)CO)C(O)C(O)C2O)C(O)C(O)C1O. The Morgan fingerprint density at radius 1 is 0.228 bits per heavy atom. The van der Waals surface area contributed by atoms with Gasteiger partial charge in [0.25, 0.3) is 0 Å². The molecule has 2 heterocycles. The van der Waals surface area contributed by atoms with Crippen LogP contribution in [0.5, 0.6) is 0 Å². The molecule has 472 valence electrons. The van der Waals surface area contributed by atoms with Crippen LogP contribution in [-0.2, 0) is 14.2 Å². The Morgan fingerprint density at radius 3 is 0.570 bits per heavy atom. The first-order valence-electron chi connectivity index (χ1n) is 23.6. The van der Waals surface area contributed by atoms with Gasteiger partial charge < -0.3 is 198 Å². The summed E-state index contributed by atoms with van der Waals surface area (Å²) in [6.45, 7) is -2.36. The number of ether oxygens (including phenoxy) is 3. The van der Waals surface area contributed by atoms with E-state index < -0.39 is 246 Å². The zero-order valence-electron chi connectivity index (χ0n) is 40.7. The minimum absolute atomic E-state index is 1.18. The third-order valence-corrected chi connectivity index (χ3v) is 13.7. The summed E-state index contributed by atoms with van der Waals surface area (Å²) in [5, 5.41) is 370. The van der Waals surface area contributed by atoms with Crippen LogP contribution < -0.4 is 0 Å². The molecule has 2 fully saturated rings. The maximum atomic E-state index is 10.9. The molecule has 0 spiro atoms. The van der Waals surface area contributed by atoms with Crippen molar-refractivity contribution in [2.24, 2.45) is 0 Å². The Bertz CT molecular complexity index is 1600. The lowest BCUT2D eigenvalue weighted by molar-refractivity contribution is -0.387. The van der Waals surface area contributed by atoms with Crippen LogP contribution in [0.1, 0.15) is 0 Å². The molecule has 0 aromatic heterocycles. The second-order valence-electron chi connectivity index (χ2n) is 19.3. The normalized spacial score (nSPS) is 35.2. The van der Waals surface area contributed by atoms with E-state index in [1.807, 2.05) is 0 Å². The minimum Gasteiger partial charge on any atom is -0.394 e. The predicted octanol–water partition coefficient (Wildman–Crippen LogP) is -23.3. The highest BCUT2D eigenvalue weighted by Crippen LogP contribution is 2.33. The Labute approximate surface area is 443 Å². The molecule has 0 radical (unpaired) electrons. The van der Waals surface area contributed by atoms with E-state index in [2.05, 4.69) is 0 Å². The molecular formula is C40H78O39. The zero-order chi connectivity index (χ0) is 61.5. The van der Waals surface area contributed by atoms with Crippen LogP contribution in [0.15, 0.2) is 0 Å². The second-order valence-corrected chi connectivity index (χ2v) is 19.3. The van der Waals surface area contributed by atoms with Crippen LogP contribution in [0, 0.1) is 0 Å². The molecule has 38 atom stereocenters. The maximum Gasteiger partial charge on any atom is 0.189 e. The molecule has 0 aromatic rings. The summed E-state index contributed by atoms with van der Waals surface area (Å²) in [6.07, 6.45) is -103. The Morgan fingerprint density at radius 2 is 0.392 bits per heavy atom. The molecule has 0 bridgehead atoms. The van der Waals surface area contributed by atoms with Gasteiger partial charge >= 0.3 is 0 Å². The molecule has 39 heteroatoms. The van der Waals surface area contributed by atoms with Gasteiger partial charge in [0, 0.05) is 0 Å². The first-order valence-corrected chi connectivity index (χ1v) is 23.6. The Kier molecular flexibility index (Phi) is 29.4. The average molecular weight is 1180 g/mol. The van der Waals surface area contributed by atoms with E-state index in [9.17, 15) is 174 Å². The summed E-state index contributed by atoms with van der Waals surface area (Å²) in [5.41, 5.74) is 0. The molecule has 0 aliphatic carbocycles. The number of rotatable bonds is 32. The molecule has 36 N–H and O–H groups in total. The molecule has 39 nitrogen and oxygen atoms in total. The van der Waals surface area contributed by atoms with E-state index in [-0.39, 0.29) is 0 Å². The van der Waals surface area contributed by atoms with Crippen LogP contribution in [0.25, 0.3) is 0 Å². The molecule has 2 rings (SSSR count). The molecule has 0 amide bonds. The lowest BCUT2D eigenvalue weighted by atomic mass is 9.86. The highest BCUT2D eigenvalue weighted by atomic mass is 16.8. The molecule has 0 saturated carbocycles. The Balaban J connectivity index is 2.21. The summed E-state index contributed by atoms with van der Waals surface area (Å²) >= 11 is 0. The van der Waals surface area contributed by atoms with Gasteiger partial charge in [-0.1, -0.05) is 0 Å². The van der Waals surface area contributed by atoms with Crippen molar-refractivity contribution < 1.29 is 198 Å². The van der Waals surface area contributed by atoms with Crippen molar-refractivity contribution in [2.45, 2.75) is 232 Å². The second kappa shape index (κ2) is 31.5. The Hall–Kier alpha value is -1.56. The molecular weight excluding hydrogens is 1100 g/mol. The van der Waals surface area contributed by atoms with Crippen LogP contribution >= 0.6 is 0 Å². The third kappa shape index (κ3) is 16.9. The van der Waals surface area contributed by atoms with Crippen LogP contribution in [0.4, 0.5) is 0 Å². The summed E-state index contributed by atoms with van der Waals surface area (Å²) in [7, 11) is 0. The molecule has 2 saturated heterocycles. The summed E-state index contributed by atoms with van der Waals surface area (Å²) in [6, 6.07) is 0. The van der Waals surface area contributed by atoms with Crippen molar-refractivity contribution in [1.29, 1.82) is 0 Å². The highest BCUT2D eigenvalue weighted by molar-refractivity contribution is 5.03. The monoisotopic (exact) mass is 1180 g/mol. The van der Waals surface area contributed by atoms with Gasteiger partial charge in [0.15, 0.2) is 12.6 Å². The smallest absolute Gasteiger partial charge is 0.189 e. The van der Waals surface area contributed by atoms with Gasteiger partial charge in [0.1, 0.15) is 220 Å². The molecule has 2 aliphatic heterocycles. The number of aliphatic hydroxyl groups excluding tert-OH is 36. The summed E-state index contributed by atoms with van der Waals surface area (Å²) in [5.74, 6) is 0. The van der Waals surface area contributed by atoms with E-state index in [1.165, 1.54) is 0 Å². The standard InChI is InChI=1S/C40H78O39/c41-1-3(43)5(45)7(47)9(49)11(51)13(53)15(55)17(57)19(59)21(61)23(63)25(65)27(67)31(71)37-33(73)29(69)35(75)39(77-37)79-40-36(76)30(70)34(74)38(78-40)32(72)28(68)26(66)24(64)22(62)20(60)18(58)16(56)14(54)12(52)10(50)8(48)6(46)4(44)2-42/h3-76H,1-2H2. The van der Waals surface area contributed by atoms with Crippen molar-refractivity contribution in [3.05, 3.63) is 0 Å². The fourth-order valence-corrected chi connectivity index (χ4v) is 8.17. The van der Waals surface area contributed by atoms with Gasteiger partial charge in [-0.3, -0.25) is 0 Å². The quantitative estimate of drug-likeness (QED) is 0.0297. The van der Waals surface area contributed by atoms with E-state index in [0.29, 0.717) is 0 Å². The van der Waals surface area contributed by atoms with Crippen molar-refractivity contribution in [2.75, 3.05) is 13.2 Å². The average Bonchev–Trinajstić information content (AvgIpc) is 3.46. The minimum atomic E-state index is -2.97. The van der Waals surface area contributed by atoms with Crippen molar-refractivity contribution >= 4 is 0 Å².